The summed E-state index contributed by atoms with van der Waals surface area (Å²) in [4.78, 5) is 0. The Morgan fingerprint density at radius 2 is 2.14 bits per heavy atom. The van der Waals surface area contributed by atoms with E-state index in [4.69, 9.17) is 0 Å². The highest BCUT2D eigenvalue weighted by Crippen LogP contribution is 2.11. The Morgan fingerprint density at radius 1 is 1.50 bits per heavy atom. The molecule has 0 radical (unpaired) electrons. The number of hydrazine groups is 1. The van der Waals surface area contributed by atoms with Crippen LogP contribution in [-0.2, 0) is 0 Å². The molecule has 0 saturated heterocycles. The lowest BCUT2D eigenvalue weighted by Gasteiger charge is -2.21. The number of nitrogens with one attached hydrogen (secondary N) is 1. The first-order chi connectivity index (χ1) is 6.74. The number of hydrogen-bond acceptors (Lipinski definition) is 2. The van der Waals surface area contributed by atoms with E-state index in [9.17, 15) is 0 Å². The van der Waals surface area contributed by atoms with Gasteiger partial charge < -0.3 is 5.01 Å². The minimum absolute atomic E-state index is 0.847. The zero-order valence-electron chi connectivity index (χ0n) is 10.4. The van der Waals surface area contributed by atoms with Crippen LogP contribution in [0.3, 0.4) is 0 Å². The fourth-order valence-corrected chi connectivity index (χ4v) is 1.35. The van der Waals surface area contributed by atoms with E-state index in [1.807, 2.05) is 13.8 Å². The van der Waals surface area contributed by atoms with Gasteiger partial charge in [0.05, 0.1) is 0 Å². The summed E-state index contributed by atoms with van der Waals surface area (Å²) < 4.78 is 0. The van der Waals surface area contributed by atoms with E-state index < -0.39 is 0 Å². The first-order valence-corrected chi connectivity index (χ1v) is 5.91. The Kier molecular flexibility index (Phi) is 7.58. The third kappa shape index (κ3) is 4.66. The van der Waals surface area contributed by atoms with Crippen LogP contribution in [0.25, 0.3) is 0 Å². The summed E-state index contributed by atoms with van der Waals surface area (Å²) in [6, 6.07) is 0. The summed E-state index contributed by atoms with van der Waals surface area (Å²) in [6.07, 6.45) is 4.81. The maximum Gasteiger partial charge on any atom is 0.0351 e. The van der Waals surface area contributed by atoms with E-state index in [0.29, 0.717) is 0 Å². The molecule has 2 nitrogen and oxygen atoms in total. The van der Waals surface area contributed by atoms with E-state index in [0.717, 1.165) is 19.0 Å². The van der Waals surface area contributed by atoms with Gasteiger partial charge in [0, 0.05) is 18.8 Å². The molecule has 1 heterocycles. The van der Waals surface area contributed by atoms with Crippen molar-refractivity contribution < 1.29 is 0 Å². The third-order valence-electron chi connectivity index (χ3n) is 2.65. The molecule has 84 valence electrons. The number of rotatable bonds is 4. The van der Waals surface area contributed by atoms with Crippen molar-refractivity contribution in [3.8, 4) is 0 Å². The zero-order valence-corrected chi connectivity index (χ0v) is 10.4. The van der Waals surface area contributed by atoms with Gasteiger partial charge in [-0.1, -0.05) is 34.1 Å². The van der Waals surface area contributed by atoms with E-state index in [-0.39, 0.29) is 0 Å². The van der Waals surface area contributed by atoms with Crippen molar-refractivity contribution >= 4 is 0 Å². The Hall–Kier alpha value is -0.500. The molecule has 1 unspecified atom stereocenters. The van der Waals surface area contributed by atoms with Crippen LogP contribution < -0.4 is 5.43 Å². The lowest BCUT2D eigenvalue weighted by atomic mass is 10.1. The van der Waals surface area contributed by atoms with Gasteiger partial charge in [0.15, 0.2) is 0 Å². The Labute approximate surface area is 89.3 Å². The van der Waals surface area contributed by atoms with Crippen molar-refractivity contribution in [2.45, 2.75) is 47.5 Å². The molecule has 1 atom stereocenters. The summed E-state index contributed by atoms with van der Waals surface area (Å²) >= 11 is 0. The van der Waals surface area contributed by atoms with Crippen LogP contribution in [0.2, 0.25) is 0 Å². The lowest BCUT2D eigenvalue weighted by Crippen LogP contribution is -2.32. The predicted octanol–water partition coefficient (Wildman–Crippen LogP) is 3.17. The van der Waals surface area contributed by atoms with Gasteiger partial charge in [0.2, 0.25) is 0 Å². The lowest BCUT2D eigenvalue weighted by molar-refractivity contribution is 0.260. The quantitative estimate of drug-likeness (QED) is 0.746. The van der Waals surface area contributed by atoms with Crippen LogP contribution in [-0.4, -0.2) is 18.1 Å². The molecule has 1 aliphatic heterocycles. The third-order valence-corrected chi connectivity index (χ3v) is 2.65. The molecule has 14 heavy (non-hydrogen) atoms. The van der Waals surface area contributed by atoms with Crippen molar-refractivity contribution in [3.05, 3.63) is 11.8 Å². The second-order valence-electron chi connectivity index (χ2n) is 3.66. The first kappa shape index (κ1) is 13.5. The average molecular weight is 198 g/mol. The highest BCUT2D eigenvalue weighted by atomic mass is 15.5. The molecule has 0 aromatic carbocycles. The van der Waals surface area contributed by atoms with Gasteiger partial charge in [0.25, 0.3) is 0 Å². The van der Waals surface area contributed by atoms with Crippen LogP contribution in [0, 0.1) is 5.92 Å². The van der Waals surface area contributed by atoms with E-state index in [1.54, 1.807) is 0 Å². The standard InChI is InChI=1S/C10H20N2.C2H6/c1-4-9(2)6-8-12-10(3)5-7-11-12;1-2/h5,9,11H,4,6-8H2,1-3H3;1-2H3. The van der Waals surface area contributed by atoms with Crippen molar-refractivity contribution in [1.82, 2.24) is 10.4 Å². The summed E-state index contributed by atoms with van der Waals surface area (Å²) in [5.41, 5.74) is 4.70. The fourth-order valence-electron chi connectivity index (χ4n) is 1.35. The summed E-state index contributed by atoms with van der Waals surface area (Å²) in [6.45, 7) is 12.9. The molecule has 0 aromatic rings. The molecular formula is C12H26N2. The normalized spacial score (nSPS) is 17.2. The minimum Gasteiger partial charge on any atom is -0.313 e. The van der Waals surface area contributed by atoms with Crippen LogP contribution in [0.15, 0.2) is 11.8 Å². The van der Waals surface area contributed by atoms with Gasteiger partial charge in [-0.3, -0.25) is 0 Å². The predicted molar refractivity (Wildman–Crippen MR) is 63.9 cm³/mol. The summed E-state index contributed by atoms with van der Waals surface area (Å²) in [5, 5.41) is 2.26. The SMILES string of the molecule is CC.CCC(C)CCN1NCC=C1C. The molecule has 0 aromatic heterocycles. The van der Waals surface area contributed by atoms with Gasteiger partial charge in [-0.25, -0.2) is 5.43 Å². The Balaban J connectivity index is 0.000000791. The first-order valence-electron chi connectivity index (χ1n) is 5.91. The second-order valence-corrected chi connectivity index (χ2v) is 3.66. The van der Waals surface area contributed by atoms with E-state index in [1.165, 1.54) is 18.5 Å². The highest BCUT2D eigenvalue weighted by molar-refractivity contribution is 5.02. The van der Waals surface area contributed by atoms with Gasteiger partial charge in [-0.05, 0) is 25.3 Å². The van der Waals surface area contributed by atoms with Crippen molar-refractivity contribution in [2.24, 2.45) is 5.92 Å². The van der Waals surface area contributed by atoms with Crippen LogP contribution in [0.1, 0.15) is 47.5 Å². The molecule has 1 rings (SSSR count). The zero-order chi connectivity index (χ0) is 11.0. The number of nitrogens with zero attached hydrogens (tertiary/aromatic N) is 1. The molecule has 0 bridgehead atoms. The molecule has 0 spiro atoms. The maximum atomic E-state index is 3.33. The van der Waals surface area contributed by atoms with Gasteiger partial charge >= 0.3 is 0 Å². The van der Waals surface area contributed by atoms with Crippen LogP contribution >= 0.6 is 0 Å². The van der Waals surface area contributed by atoms with Gasteiger partial charge in [0.1, 0.15) is 0 Å². The minimum atomic E-state index is 0.847. The topological polar surface area (TPSA) is 15.3 Å². The average Bonchev–Trinajstić information content (AvgIpc) is 2.63. The molecule has 0 fully saturated rings. The summed E-state index contributed by atoms with van der Waals surface area (Å²) in [5.74, 6) is 0.847. The highest BCUT2D eigenvalue weighted by Gasteiger charge is 2.10. The molecule has 1 N–H and O–H groups in total. The van der Waals surface area contributed by atoms with Crippen molar-refractivity contribution in [2.75, 3.05) is 13.1 Å². The smallest absolute Gasteiger partial charge is 0.0351 e. The van der Waals surface area contributed by atoms with Gasteiger partial charge in [-0.15, -0.1) is 0 Å². The van der Waals surface area contributed by atoms with E-state index in [2.05, 4.69) is 37.3 Å². The fraction of sp³-hybridized carbons (Fsp3) is 0.833. The van der Waals surface area contributed by atoms with Crippen molar-refractivity contribution in [1.29, 1.82) is 0 Å². The Morgan fingerprint density at radius 3 is 2.57 bits per heavy atom. The number of hydrogen-bond donors (Lipinski definition) is 1. The molecular weight excluding hydrogens is 172 g/mol. The largest absolute Gasteiger partial charge is 0.313 e. The molecule has 2 heteroatoms. The molecule has 0 amide bonds. The monoisotopic (exact) mass is 198 g/mol. The van der Waals surface area contributed by atoms with E-state index >= 15 is 0 Å². The Bertz CT molecular complexity index is 164. The van der Waals surface area contributed by atoms with Crippen LogP contribution in [0.5, 0.6) is 0 Å². The maximum absolute atomic E-state index is 3.33. The molecule has 0 saturated carbocycles. The van der Waals surface area contributed by atoms with Crippen molar-refractivity contribution in [3.63, 3.8) is 0 Å². The second kappa shape index (κ2) is 7.86. The molecule has 0 aliphatic carbocycles. The summed E-state index contributed by atoms with van der Waals surface area (Å²) in [7, 11) is 0. The molecule has 1 aliphatic rings. The van der Waals surface area contributed by atoms with Crippen LogP contribution in [0.4, 0.5) is 0 Å². The van der Waals surface area contributed by atoms with Gasteiger partial charge in [-0.2, -0.15) is 0 Å². The number of allylic oxidation sites excluding steroid dienone is 1.